The summed E-state index contributed by atoms with van der Waals surface area (Å²) in [5.41, 5.74) is 2.60. The van der Waals surface area contributed by atoms with Crippen LogP contribution >= 0.6 is 43.2 Å². The lowest BCUT2D eigenvalue weighted by molar-refractivity contribution is 0.0945. The maximum atomic E-state index is 12.2. The summed E-state index contributed by atoms with van der Waals surface area (Å²) in [6.07, 6.45) is 0. The molecule has 5 nitrogen and oxygen atoms in total. The fourth-order valence-electron chi connectivity index (χ4n) is 2.03. The summed E-state index contributed by atoms with van der Waals surface area (Å²) in [4.78, 5) is 14.3. The number of carbonyl (C=O) groups excluding carboxylic acids is 1. The van der Waals surface area contributed by atoms with Crippen LogP contribution < -0.4 is 10.3 Å². The highest BCUT2D eigenvalue weighted by molar-refractivity contribution is 9.13. The molecule has 0 fully saturated rings. The minimum absolute atomic E-state index is 0.0834. The Kier molecular flexibility index (Phi) is 5.07. The fraction of sp³-hybridized carbons (Fsp3) is 0. The first-order valence-corrected chi connectivity index (χ1v) is 10.5. The van der Waals surface area contributed by atoms with Crippen LogP contribution in [0.25, 0.3) is 10.8 Å². The highest BCUT2D eigenvalue weighted by Gasteiger charge is 2.20. The highest BCUT2D eigenvalue weighted by Crippen LogP contribution is 2.34. The van der Waals surface area contributed by atoms with Crippen LogP contribution in [0.1, 0.15) is 10.4 Å². The van der Waals surface area contributed by atoms with E-state index < -0.39 is 15.9 Å². The van der Waals surface area contributed by atoms with Gasteiger partial charge in [0.05, 0.1) is 3.79 Å². The number of thiophene rings is 1. The van der Waals surface area contributed by atoms with Gasteiger partial charge in [0.25, 0.3) is 15.9 Å². The molecule has 0 aliphatic heterocycles. The van der Waals surface area contributed by atoms with Crippen molar-refractivity contribution in [2.45, 2.75) is 4.21 Å². The van der Waals surface area contributed by atoms with E-state index in [9.17, 15) is 13.2 Å². The fourth-order valence-corrected chi connectivity index (χ4v) is 5.68. The van der Waals surface area contributed by atoms with Gasteiger partial charge in [0.1, 0.15) is 4.21 Å². The van der Waals surface area contributed by atoms with Crippen LogP contribution in [-0.2, 0) is 10.0 Å². The van der Waals surface area contributed by atoms with Crippen molar-refractivity contribution in [1.29, 1.82) is 0 Å². The third kappa shape index (κ3) is 3.70. The predicted molar refractivity (Wildman–Crippen MR) is 101 cm³/mol. The third-order valence-electron chi connectivity index (χ3n) is 3.20. The first-order valence-electron chi connectivity index (χ1n) is 6.62. The molecule has 1 heterocycles. The number of benzene rings is 2. The van der Waals surface area contributed by atoms with Crippen molar-refractivity contribution in [2.24, 2.45) is 0 Å². The number of amides is 1. The van der Waals surface area contributed by atoms with E-state index in [0.29, 0.717) is 13.8 Å². The first kappa shape index (κ1) is 17.6. The molecule has 0 radical (unpaired) electrons. The lowest BCUT2D eigenvalue weighted by Crippen LogP contribution is -2.41. The van der Waals surface area contributed by atoms with Crippen LogP contribution in [0, 0.1) is 0 Å². The molecule has 0 atom stereocenters. The monoisotopic (exact) mass is 488 g/mol. The molecule has 2 aromatic carbocycles. The third-order valence-corrected chi connectivity index (χ3v) is 8.18. The van der Waals surface area contributed by atoms with Crippen molar-refractivity contribution in [3.63, 3.8) is 0 Å². The number of carbonyl (C=O) groups is 1. The number of sulfonamides is 1. The Morgan fingerprint density at radius 2 is 1.71 bits per heavy atom. The molecule has 24 heavy (non-hydrogen) atoms. The SMILES string of the molecule is O=C(NNS(=O)(=O)c1cc(Br)c(Br)s1)c1ccc2ccccc2c1. The van der Waals surface area contributed by atoms with E-state index >= 15 is 0 Å². The normalized spacial score (nSPS) is 11.6. The molecule has 1 amide bonds. The molecule has 0 aliphatic carbocycles. The van der Waals surface area contributed by atoms with E-state index in [1.165, 1.54) is 6.07 Å². The molecule has 124 valence electrons. The largest absolute Gasteiger partial charge is 0.273 e. The van der Waals surface area contributed by atoms with Crippen molar-refractivity contribution >= 4 is 69.9 Å². The smallest absolute Gasteiger partial charge is 0.266 e. The topological polar surface area (TPSA) is 75.3 Å². The van der Waals surface area contributed by atoms with Gasteiger partial charge in [-0.1, -0.05) is 30.3 Å². The second-order valence-electron chi connectivity index (χ2n) is 4.81. The predicted octanol–water partition coefficient (Wildman–Crippen LogP) is 4.05. The van der Waals surface area contributed by atoms with Crippen LogP contribution in [0.2, 0.25) is 0 Å². The number of hydrogen-bond acceptors (Lipinski definition) is 4. The maximum absolute atomic E-state index is 12.2. The summed E-state index contributed by atoms with van der Waals surface area (Å²) < 4.78 is 25.8. The van der Waals surface area contributed by atoms with E-state index in [-0.39, 0.29) is 4.21 Å². The van der Waals surface area contributed by atoms with E-state index in [2.05, 4.69) is 42.1 Å². The molecule has 0 saturated heterocycles. The second-order valence-corrected chi connectivity index (χ2v) is 9.94. The molecule has 1 aromatic heterocycles. The van der Waals surface area contributed by atoms with Gasteiger partial charge in [-0.15, -0.1) is 16.2 Å². The van der Waals surface area contributed by atoms with E-state index in [4.69, 9.17) is 0 Å². The van der Waals surface area contributed by atoms with Crippen molar-refractivity contribution in [1.82, 2.24) is 10.3 Å². The number of nitrogens with one attached hydrogen (secondary N) is 2. The van der Waals surface area contributed by atoms with Crippen LogP contribution in [0.5, 0.6) is 0 Å². The zero-order valence-electron chi connectivity index (χ0n) is 11.9. The van der Waals surface area contributed by atoms with Gasteiger partial charge in [-0.3, -0.25) is 10.2 Å². The van der Waals surface area contributed by atoms with Crippen molar-refractivity contribution in [2.75, 3.05) is 0 Å². The summed E-state index contributed by atoms with van der Waals surface area (Å²) in [6.45, 7) is 0. The van der Waals surface area contributed by atoms with Crippen LogP contribution in [0.3, 0.4) is 0 Å². The molecular formula is C15H10Br2N2O3S2. The van der Waals surface area contributed by atoms with Crippen LogP contribution in [0.15, 0.2) is 61.0 Å². The lowest BCUT2D eigenvalue weighted by atomic mass is 10.1. The van der Waals surface area contributed by atoms with Crippen molar-refractivity contribution in [3.8, 4) is 0 Å². The Morgan fingerprint density at radius 1 is 1.00 bits per heavy atom. The number of rotatable bonds is 4. The van der Waals surface area contributed by atoms with E-state index in [1.807, 2.05) is 30.3 Å². The average Bonchev–Trinajstić information content (AvgIpc) is 2.92. The minimum Gasteiger partial charge on any atom is -0.273 e. The van der Waals surface area contributed by atoms with Gasteiger partial charge in [-0.2, -0.15) is 0 Å². The zero-order chi connectivity index (χ0) is 17.3. The Balaban J connectivity index is 1.76. The Morgan fingerprint density at radius 3 is 2.38 bits per heavy atom. The quantitative estimate of drug-likeness (QED) is 0.543. The first-order chi connectivity index (χ1) is 11.4. The Bertz CT molecular complexity index is 1010. The molecule has 2 N–H and O–H groups in total. The van der Waals surface area contributed by atoms with Crippen LogP contribution in [0.4, 0.5) is 0 Å². The zero-order valence-corrected chi connectivity index (χ0v) is 16.7. The Hall–Kier alpha value is -1.26. The molecule has 0 aliphatic rings. The number of fused-ring (bicyclic) bond motifs is 1. The van der Waals surface area contributed by atoms with E-state index in [0.717, 1.165) is 22.1 Å². The summed E-state index contributed by atoms with van der Waals surface area (Å²) in [6, 6.07) is 14.2. The lowest BCUT2D eigenvalue weighted by Gasteiger charge is -2.07. The van der Waals surface area contributed by atoms with Gasteiger partial charge < -0.3 is 0 Å². The standard InChI is InChI=1S/C15H10Br2N2O3S2/c16-12-8-13(23-14(12)17)24(21,22)19-18-15(20)11-6-5-9-3-1-2-4-10(9)7-11/h1-8,19H,(H,18,20). The van der Waals surface area contributed by atoms with Crippen LogP contribution in [-0.4, -0.2) is 14.3 Å². The summed E-state index contributed by atoms with van der Waals surface area (Å²) >= 11 is 7.51. The summed E-state index contributed by atoms with van der Waals surface area (Å²) in [5, 5.41) is 1.90. The summed E-state index contributed by atoms with van der Waals surface area (Å²) in [5.74, 6) is -0.529. The van der Waals surface area contributed by atoms with Gasteiger partial charge in [0, 0.05) is 10.0 Å². The maximum Gasteiger partial charge on any atom is 0.266 e. The van der Waals surface area contributed by atoms with Gasteiger partial charge in [0.15, 0.2) is 0 Å². The summed E-state index contributed by atoms with van der Waals surface area (Å²) in [7, 11) is -3.83. The van der Waals surface area contributed by atoms with E-state index in [1.54, 1.807) is 12.1 Å². The number of hydrogen-bond donors (Lipinski definition) is 2. The Labute approximate surface area is 159 Å². The molecule has 0 unspecified atom stereocenters. The molecular weight excluding hydrogens is 480 g/mol. The molecule has 0 bridgehead atoms. The van der Waals surface area contributed by atoms with Crippen molar-refractivity contribution in [3.05, 3.63) is 62.4 Å². The van der Waals surface area contributed by atoms with Crippen molar-refractivity contribution < 1.29 is 13.2 Å². The molecule has 9 heteroatoms. The molecule has 0 saturated carbocycles. The molecule has 0 spiro atoms. The number of halogens is 2. The van der Waals surface area contributed by atoms with Gasteiger partial charge >= 0.3 is 0 Å². The van der Waals surface area contributed by atoms with Gasteiger partial charge in [-0.25, -0.2) is 8.42 Å². The minimum atomic E-state index is -3.83. The highest BCUT2D eigenvalue weighted by atomic mass is 79.9. The molecule has 3 aromatic rings. The average molecular weight is 490 g/mol. The molecule has 3 rings (SSSR count). The van der Waals surface area contributed by atoms with Gasteiger partial charge in [0.2, 0.25) is 0 Å². The van der Waals surface area contributed by atoms with Gasteiger partial charge in [-0.05, 0) is 60.8 Å². The number of hydrazine groups is 1. The second kappa shape index (κ2) is 6.93.